The van der Waals surface area contributed by atoms with Crippen molar-refractivity contribution in [1.29, 1.82) is 0 Å². The first-order valence-electron chi connectivity index (χ1n) is 18.5. The highest BCUT2D eigenvalue weighted by Gasteiger charge is 2.17. The molecule has 0 bridgehead atoms. The summed E-state index contributed by atoms with van der Waals surface area (Å²) in [7, 11) is 0. The van der Waals surface area contributed by atoms with Crippen LogP contribution in [-0.2, 0) is 0 Å². The molecular weight excluding hydrogens is 669 g/mol. The maximum Gasteiger partial charge on any atom is 0.137 e. The zero-order valence-corrected chi connectivity index (χ0v) is 29.9. The topological polar surface area (TPSA) is 43.1 Å². The van der Waals surface area contributed by atoms with Gasteiger partial charge in [-0.1, -0.05) is 152 Å². The van der Waals surface area contributed by atoms with Gasteiger partial charge in [0.05, 0.1) is 33.8 Å². The Bertz CT molecular complexity index is 2950. The van der Waals surface area contributed by atoms with Gasteiger partial charge in [0, 0.05) is 28.5 Å². The Morgan fingerprint density at radius 2 is 0.709 bits per heavy atom. The van der Waals surface area contributed by atoms with E-state index < -0.39 is 0 Å². The first-order valence-corrected chi connectivity index (χ1v) is 18.5. The van der Waals surface area contributed by atoms with Crippen molar-refractivity contribution in [3.05, 3.63) is 206 Å². The Morgan fingerprint density at radius 3 is 1.36 bits per heavy atom. The van der Waals surface area contributed by atoms with E-state index in [2.05, 4.69) is 174 Å². The quantitative estimate of drug-likeness (QED) is 0.166. The Hall–Kier alpha value is -7.43. The second-order valence-electron chi connectivity index (χ2n) is 13.7. The molecule has 10 aromatic rings. The van der Waals surface area contributed by atoms with Crippen LogP contribution in [0, 0.1) is 0 Å². The summed E-state index contributed by atoms with van der Waals surface area (Å²) in [4.78, 5) is 15.4. The molecule has 4 nitrogen and oxygen atoms in total. The number of benzene rings is 7. The van der Waals surface area contributed by atoms with E-state index in [0.29, 0.717) is 0 Å². The predicted molar refractivity (Wildman–Crippen MR) is 226 cm³/mol. The van der Waals surface area contributed by atoms with Gasteiger partial charge in [-0.25, -0.2) is 15.0 Å². The van der Waals surface area contributed by atoms with Crippen LogP contribution in [0.25, 0.3) is 95.1 Å². The van der Waals surface area contributed by atoms with E-state index in [1.165, 1.54) is 5.56 Å². The average molecular weight is 703 g/mol. The molecule has 0 aliphatic heterocycles. The van der Waals surface area contributed by atoms with Gasteiger partial charge in [0.25, 0.3) is 0 Å². The van der Waals surface area contributed by atoms with Crippen LogP contribution in [0.2, 0.25) is 0 Å². The second-order valence-corrected chi connectivity index (χ2v) is 13.7. The normalized spacial score (nSPS) is 11.3. The highest BCUT2D eigenvalue weighted by molar-refractivity contribution is 5.89. The van der Waals surface area contributed by atoms with Gasteiger partial charge in [-0.05, 0) is 81.9 Å². The number of pyridine rings is 1. The van der Waals surface area contributed by atoms with Crippen molar-refractivity contribution in [1.82, 2.24) is 19.4 Å². The minimum absolute atomic E-state index is 0.864. The molecule has 0 saturated carbocycles. The molecule has 0 aliphatic rings. The molecule has 4 heteroatoms. The van der Waals surface area contributed by atoms with Crippen molar-refractivity contribution in [2.24, 2.45) is 0 Å². The lowest BCUT2D eigenvalue weighted by atomic mass is 9.92. The van der Waals surface area contributed by atoms with Crippen molar-refractivity contribution in [3.8, 4) is 78.4 Å². The fourth-order valence-corrected chi connectivity index (χ4v) is 7.49. The molecule has 258 valence electrons. The van der Waals surface area contributed by atoms with E-state index in [9.17, 15) is 0 Å². The number of para-hydroxylation sites is 2. The molecule has 0 radical (unpaired) electrons. The van der Waals surface area contributed by atoms with Gasteiger partial charge in [0.15, 0.2) is 0 Å². The van der Waals surface area contributed by atoms with Gasteiger partial charge < -0.3 is 0 Å². The van der Waals surface area contributed by atoms with Crippen LogP contribution in [0.15, 0.2) is 206 Å². The van der Waals surface area contributed by atoms with Gasteiger partial charge in [0.1, 0.15) is 5.65 Å². The summed E-state index contributed by atoms with van der Waals surface area (Å²) in [6, 6.07) is 70.1. The molecule has 0 unspecified atom stereocenters. The van der Waals surface area contributed by atoms with Crippen molar-refractivity contribution >= 4 is 16.7 Å². The van der Waals surface area contributed by atoms with E-state index in [-0.39, 0.29) is 0 Å². The average Bonchev–Trinajstić information content (AvgIpc) is 3.67. The van der Waals surface area contributed by atoms with Crippen molar-refractivity contribution in [2.75, 3.05) is 0 Å². The smallest absolute Gasteiger partial charge is 0.137 e. The number of nitrogens with zero attached hydrogens (tertiary/aromatic N) is 4. The molecule has 0 saturated heterocycles. The molecule has 3 heterocycles. The highest BCUT2D eigenvalue weighted by atomic mass is 15.0. The Balaban J connectivity index is 1.09. The van der Waals surface area contributed by atoms with Crippen LogP contribution in [0.3, 0.4) is 0 Å². The fourth-order valence-electron chi connectivity index (χ4n) is 7.49. The van der Waals surface area contributed by atoms with Crippen LogP contribution < -0.4 is 0 Å². The molecule has 0 N–H and O–H groups in total. The summed E-state index contributed by atoms with van der Waals surface area (Å²) >= 11 is 0. The monoisotopic (exact) mass is 702 g/mol. The minimum Gasteiger partial charge on any atom is -0.299 e. The molecule has 0 spiro atoms. The largest absolute Gasteiger partial charge is 0.299 e. The summed E-state index contributed by atoms with van der Waals surface area (Å²) < 4.78 is 2.18. The lowest BCUT2D eigenvalue weighted by Crippen LogP contribution is -1.95. The van der Waals surface area contributed by atoms with Gasteiger partial charge >= 0.3 is 0 Å². The maximum absolute atomic E-state index is 5.19. The SMILES string of the molecule is c1ccc(-c2cc(-c3ccc(-c4nc5ccccn5c4-c4ccccc4)cc3)cc(-c3cccc(-c4nc5ccccc5nc4-c4ccccc4)c3)c2)cc1. The third kappa shape index (κ3) is 6.16. The highest BCUT2D eigenvalue weighted by Crippen LogP contribution is 2.38. The molecule has 10 rings (SSSR count). The maximum atomic E-state index is 5.19. The number of fused-ring (bicyclic) bond motifs is 2. The molecule has 7 aromatic carbocycles. The van der Waals surface area contributed by atoms with E-state index >= 15 is 0 Å². The van der Waals surface area contributed by atoms with Crippen molar-refractivity contribution in [3.63, 3.8) is 0 Å². The minimum atomic E-state index is 0.864. The van der Waals surface area contributed by atoms with E-state index in [4.69, 9.17) is 15.0 Å². The number of aromatic nitrogens is 4. The van der Waals surface area contributed by atoms with Gasteiger partial charge in [0.2, 0.25) is 0 Å². The molecular formula is C51H34N4. The van der Waals surface area contributed by atoms with Gasteiger partial charge in [-0.3, -0.25) is 4.40 Å². The Labute approximate surface area is 319 Å². The van der Waals surface area contributed by atoms with Gasteiger partial charge in [-0.2, -0.15) is 0 Å². The van der Waals surface area contributed by atoms with Crippen LogP contribution in [0.4, 0.5) is 0 Å². The summed E-state index contributed by atoms with van der Waals surface area (Å²) in [5.41, 5.74) is 17.6. The first kappa shape index (κ1) is 32.2. The molecule has 0 atom stereocenters. The standard InChI is InChI=1S/C51H34N4/c1-4-15-35(16-5-1)42-32-43(36-26-28-38(29-27-36)50-51(39-19-8-3-9-20-39)55-30-13-12-25-47(55)54-50)34-44(33-42)40-21-14-22-41(31-40)49-48(37-17-6-2-7-18-37)52-45-23-10-11-24-46(45)53-49/h1-34H. The second kappa shape index (κ2) is 13.8. The summed E-state index contributed by atoms with van der Waals surface area (Å²) in [5.74, 6) is 0. The lowest BCUT2D eigenvalue weighted by Gasteiger charge is -2.14. The number of hydrogen-bond acceptors (Lipinski definition) is 3. The zero-order chi connectivity index (χ0) is 36.6. The van der Waals surface area contributed by atoms with Crippen molar-refractivity contribution < 1.29 is 0 Å². The third-order valence-corrected chi connectivity index (χ3v) is 10.2. The van der Waals surface area contributed by atoms with E-state index in [0.717, 1.165) is 89.5 Å². The molecule has 3 aromatic heterocycles. The number of rotatable bonds is 7. The molecule has 0 fully saturated rings. The van der Waals surface area contributed by atoms with Gasteiger partial charge in [-0.15, -0.1) is 0 Å². The zero-order valence-electron chi connectivity index (χ0n) is 29.9. The molecule has 55 heavy (non-hydrogen) atoms. The molecule has 0 aliphatic carbocycles. The van der Waals surface area contributed by atoms with Crippen molar-refractivity contribution in [2.45, 2.75) is 0 Å². The number of hydrogen-bond donors (Lipinski definition) is 0. The summed E-state index contributed by atoms with van der Waals surface area (Å²) in [6.07, 6.45) is 2.09. The summed E-state index contributed by atoms with van der Waals surface area (Å²) in [6.45, 7) is 0. The van der Waals surface area contributed by atoms with Crippen LogP contribution in [-0.4, -0.2) is 19.4 Å². The Morgan fingerprint density at radius 1 is 0.273 bits per heavy atom. The number of imidazole rings is 1. The fraction of sp³-hybridized carbons (Fsp3) is 0. The van der Waals surface area contributed by atoms with E-state index in [1.54, 1.807) is 0 Å². The predicted octanol–water partition coefficient (Wildman–Crippen LogP) is 12.9. The third-order valence-electron chi connectivity index (χ3n) is 10.2. The summed E-state index contributed by atoms with van der Waals surface area (Å²) in [5, 5.41) is 0. The lowest BCUT2D eigenvalue weighted by molar-refractivity contribution is 1.19. The van der Waals surface area contributed by atoms with Crippen LogP contribution >= 0.6 is 0 Å². The van der Waals surface area contributed by atoms with Crippen LogP contribution in [0.5, 0.6) is 0 Å². The Kier molecular flexibility index (Phi) is 8.12. The molecule has 0 amide bonds. The first-order chi connectivity index (χ1) is 27.2. The van der Waals surface area contributed by atoms with E-state index in [1.807, 2.05) is 36.4 Å². The van der Waals surface area contributed by atoms with Crippen LogP contribution in [0.1, 0.15) is 0 Å².